The Hall–Kier alpha value is -1.88. The molecule has 19 heavy (non-hydrogen) atoms. The van der Waals surface area contributed by atoms with E-state index in [1.807, 2.05) is 13.0 Å². The van der Waals surface area contributed by atoms with Crippen LogP contribution in [0.25, 0.3) is 11.3 Å². The number of hydrogen-bond acceptors (Lipinski definition) is 4. The summed E-state index contributed by atoms with van der Waals surface area (Å²) >= 11 is 6.42. The van der Waals surface area contributed by atoms with E-state index in [0.29, 0.717) is 35.6 Å². The molecule has 6 heteroatoms. The molecule has 100 valence electrons. The molecule has 0 saturated heterocycles. The smallest absolute Gasteiger partial charge is 0.180 e. The summed E-state index contributed by atoms with van der Waals surface area (Å²) in [7, 11) is 0. The third-order valence-electron chi connectivity index (χ3n) is 3.12. The number of halogens is 1. The van der Waals surface area contributed by atoms with Crippen LogP contribution in [0.5, 0.6) is 11.5 Å². The summed E-state index contributed by atoms with van der Waals surface area (Å²) in [6.07, 6.45) is 0.781. The number of ether oxygens (including phenoxy) is 2. The number of nitrogens with zero attached hydrogens (tertiary/aromatic N) is 1. The van der Waals surface area contributed by atoms with Crippen molar-refractivity contribution in [1.82, 2.24) is 10.2 Å². The van der Waals surface area contributed by atoms with Crippen LogP contribution in [0.1, 0.15) is 12.5 Å². The molecule has 0 bridgehead atoms. The first-order valence-corrected chi connectivity index (χ1v) is 6.50. The first-order chi connectivity index (χ1) is 9.20. The minimum atomic E-state index is 0.447. The van der Waals surface area contributed by atoms with Crippen LogP contribution in [0.3, 0.4) is 0 Å². The summed E-state index contributed by atoms with van der Waals surface area (Å²) in [5, 5.41) is 7.45. The minimum absolute atomic E-state index is 0.447. The molecule has 1 aliphatic heterocycles. The Bertz CT molecular complexity index is 625. The summed E-state index contributed by atoms with van der Waals surface area (Å²) in [5.41, 5.74) is 8.42. The maximum Gasteiger partial charge on any atom is 0.180 e. The molecule has 3 rings (SSSR count). The number of benzene rings is 1. The number of H-pyrrole nitrogens is 1. The summed E-state index contributed by atoms with van der Waals surface area (Å²) in [4.78, 5) is 0. The molecule has 0 unspecified atom stereocenters. The zero-order valence-electron chi connectivity index (χ0n) is 10.5. The molecule has 0 amide bonds. The Morgan fingerprint density at radius 1 is 1.37 bits per heavy atom. The number of rotatable bonds is 2. The number of anilines is 1. The van der Waals surface area contributed by atoms with Crippen LogP contribution >= 0.6 is 11.6 Å². The Morgan fingerprint density at radius 2 is 2.16 bits per heavy atom. The van der Waals surface area contributed by atoms with Crippen LogP contribution in [0.2, 0.25) is 5.02 Å². The second-order valence-electron chi connectivity index (χ2n) is 4.30. The number of nitrogens with one attached hydrogen (secondary N) is 1. The van der Waals surface area contributed by atoms with Crippen LogP contribution in [-0.2, 0) is 6.42 Å². The Labute approximate surface area is 115 Å². The van der Waals surface area contributed by atoms with Crippen LogP contribution in [0, 0.1) is 0 Å². The molecule has 0 saturated carbocycles. The van der Waals surface area contributed by atoms with Crippen molar-refractivity contribution in [3.8, 4) is 22.8 Å². The molecule has 0 atom stereocenters. The molecule has 1 aromatic heterocycles. The fraction of sp³-hybridized carbons (Fsp3) is 0.308. The Balaban J connectivity index is 2.21. The highest BCUT2D eigenvalue weighted by molar-refractivity contribution is 6.33. The first kappa shape index (κ1) is 12.2. The normalized spacial score (nSPS) is 13.6. The van der Waals surface area contributed by atoms with E-state index in [0.717, 1.165) is 23.2 Å². The predicted molar refractivity (Wildman–Crippen MR) is 73.8 cm³/mol. The fourth-order valence-corrected chi connectivity index (χ4v) is 2.63. The lowest BCUT2D eigenvalue weighted by molar-refractivity contribution is 0.171. The standard InChI is InChI=1S/C13H14ClN3O2/c1-2-7-8(9-6-11(15)17-16-9)5-10-13(12(7)14)19-4-3-18-10/h5-6H,2-4H2,1H3,(H3,15,16,17). The monoisotopic (exact) mass is 279 g/mol. The molecule has 0 fully saturated rings. The lowest BCUT2D eigenvalue weighted by atomic mass is 10.0. The van der Waals surface area contributed by atoms with Crippen molar-refractivity contribution >= 4 is 17.4 Å². The van der Waals surface area contributed by atoms with Crippen LogP contribution < -0.4 is 15.2 Å². The second kappa shape index (κ2) is 4.66. The van der Waals surface area contributed by atoms with Gasteiger partial charge in [0.2, 0.25) is 0 Å². The first-order valence-electron chi connectivity index (χ1n) is 6.13. The molecule has 2 heterocycles. The molecule has 3 N–H and O–H groups in total. The van der Waals surface area contributed by atoms with E-state index in [1.165, 1.54) is 0 Å². The predicted octanol–water partition coefficient (Wildman–Crippen LogP) is 2.65. The average molecular weight is 280 g/mol. The van der Waals surface area contributed by atoms with Crippen molar-refractivity contribution in [3.05, 3.63) is 22.7 Å². The molecular formula is C13H14ClN3O2. The van der Waals surface area contributed by atoms with E-state index < -0.39 is 0 Å². The van der Waals surface area contributed by atoms with Gasteiger partial charge in [-0.2, -0.15) is 5.10 Å². The molecular weight excluding hydrogens is 266 g/mol. The average Bonchev–Trinajstić information content (AvgIpc) is 2.85. The highest BCUT2D eigenvalue weighted by Crippen LogP contribution is 2.44. The lowest BCUT2D eigenvalue weighted by Gasteiger charge is -2.22. The van der Waals surface area contributed by atoms with E-state index in [4.69, 9.17) is 26.8 Å². The van der Waals surface area contributed by atoms with Gasteiger partial charge in [-0.1, -0.05) is 18.5 Å². The lowest BCUT2D eigenvalue weighted by Crippen LogP contribution is -2.16. The van der Waals surface area contributed by atoms with Gasteiger partial charge in [-0.3, -0.25) is 5.10 Å². The summed E-state index contributed by atoms with van der Waals surface area (Å²) in [6.45, 7) is 3.09. The van der Waals surface area contributed by atoms with Crippen molar-refractivity contribution in [2.75, 3.05) is 18.9 Å². The quantitative estimate of drug-likeness (QED) is 0.886. The van der Waals surface area contributed by atoms with Gasteiger partial charge in [0.25, 0.3) is 0 Å². The zero-order valence-corrected chi connectivity index (χ0v) is 11.3. The third kappa shape index (κ3) is 2.00. The SMILES string of the molecule is CCc1c(-c2cc(N)n[nH]2)cc2c(c1Cl)OCCO2. The number of nitrogen functional groups attached to an aromatic ring is 1. The number of hydrogen-bond donors (Lipinski definition) is 2. The molecule has 1 aliphatic rings. The summed E-state index contributed by atoms with van der Waals surface area (Å²) < 4.78 is 11.2. The number of fused-ring (bicyclic) bond motifs is 1. The van der Waals surface area contributed by atoms with Gasteiger partial charge < -0.3 is 15.2 Å². The zero-order chi connectivity index (χ0) is 13.4. The Morgan fingerprint density at radius 3 is 2.84 bits per heavy atom. The highest BCUT2D eigenvalue weighted by atomic mass is 35.5. The highest BCUT2D eigenvalue weighted by Gasteiger charge is 2.22. The Kier molecular flexibility index (Phi) is 2.98. The van der Waals surface area contributed by atoms with Crippen molar-refractivity contribution in [2.45, 2.75) is 13.3 Å². The molecule has 0 aliphatic carbocycles. The third-order valence-corrected chi connectivity index (χ3v) is 3.52. The number of aromatic amines is 1. The van der Waals surface area contributed by atoms with Gasteiger partial charge in [0.1, 0.15) is 19.0 Å². The molecule has 0 spiro atoms. The van der Waals surface area contributed by atoms with Gasteiger partial charge in [-0.15, -0.1) is 0 Å². The van der Waals surface area contributed by atoms with Crippen molar-refractivity contribution in [2.24, 2.45) is 0 Å². The molecule has 2 aromatic rings. The second-order valence-corrected chi connectivity index (χ2v) is 4.68. The van der Waals surface area contributed by atoms with E-state index in [2.05, 4.69) is 10.2 Å². The van der Waals surface area contributed by atoms with E-state index in [1.54, 1.807) is 6.07 Å². The van der Waals surface area contributed by atoms with Gasteiger partial charge in [-0.05, 0) is 18.1 Å². The fourth-order valence-electron chi connectivity index (χ4n) is 2.25. The van der Waals surface area contributed by atoms with Gasteiger partial charge in [0.15, 0.2) is 11.5 Å². The van der Waals surface area contributed by atoms with E-state index in [-0.39, 0.29) is 0 Å². The molecule has 0 radical (unpaired) electrons. The maximum atomic E-state index is 6.42. The number of nitrogens with two attached hydrogens (primary N) is 1. The van der Waals surface area contributed by atoms with Crippen molar-refractivity contribution in [3.63, 3.8) is 0 Å². The van der Waals surface area contributed by atoms with Crippen molar-refractivity contribution in [1.29, 1.82) is 0 Å². The summed E-state index contributed by atoms with van der Waals surface area (Å²) in [6, 6.07) is 3.70. The summed E-state index contributed by atoms with van der Waals surface area (Å²) in [5.74, 6) is 1.74. The van der Waals surface area contributed by atoms with E-state index >= 15 is 0 Å². The van der Waals surface area contributed by atoms with Crippen molar-refractivity contribution < 1.29 is 9.47 Å². The van der Waals surface area contributed by atoms with Gasteiger partial charge in [0.05, 0.1) is 10.7 Å². The minimum Gasteiger partial charge on any atom is -0.486 e. The van der Waals surface area contributed by atoms with Crippen LogP contribution in [0.4, 0.5) is 5.82 Å². The number of aromatic nitrogens is 2. The maximum absolute atomic E-state index is 6.42. The topological polar surface area (TPSA) is 73.2 Å². The van der Waals surface area contributed by atoms with Gasteiger partial charge in [0, 0.05) is 11.6 Å². The van der Waals surface area contributed by atoms with E-state index in [9.17, 15) is 0 Å². The molecule has 5 nitrogen and oxygen atoms in total. The van der Waals surface area contributed by atoms with Gasteiger partial charge >= 0.3 is 0 Å². The van der Waals surface area contributed by atoms with Crippen LogP contribution in [0.15, 0.2) is 12.1 Å². The van der Waals surface area contributed by atoms with Gasteiger partial charge in [-0.25, -0.2) is 0 Å². The molecule has 1 aromatic carbocycles. The van der Waals surface area contributed by atoms with Crippen LogP contribution in [-0.4, -0.2) is 23.4 Å². The largest absolute Gasteiger partial charge is 0.486 e.